The molecule has 0 bridgehead atoms. The van der Waals surface area contributed by atoms with Gasteiger partial charge in [-0.15, -0.1) is 4.91 Å². The highest BCUT2D eigenvalue weighted by Crippen LogP contribution is 2.33. The Bertz CT molecular complexity index is 636. The van der Waals surface area contributed by atoms with Gasteiger partial charge in [-0.25, -0.2) is 10.1 Å². The Balaban J connectivity index is 2.50. The van der Waals surface area contributed by atoms with Crippen molar-refractivity contribution in [2.75, 3.05) is 0 Å². The topological polar surface area (TPSA) is 108 Å². The number of aliphatic imine (C=N–C) groups is 1. The van der Waals surface area contributed by atoms with Crippen LogP contribution < -0.4 is 0 Å². The van der Waals surface area contributed by atoms with E-state index >= 15 is 0 Å². The van der Waals surface area contributed by atoms with E-state index in [1.807, 2.05) is 0 Å². The van der Waals surface area contributed by atoms with Crippen molar-refractivity contribution >= 4 is 11.5 Å². The molecular formula is C12H12N4O4. The maximum absolute atomic E-state index is 10.8. The monoisotopic (exact) mass is 276 g/mol. The van der Waals surface area contributed by atoms with Crippen molar-refractivity contribution < 1.29 is 10.1 Å². The van der Waals surface area contributed by atoms with Crippen LogP contribution in [0, 0.1) is 15.0 Å². The average molecular weight is 276 g/mol. The van der Waals surface area contributed by atoms with Crippen molar-refractivity contribution in [2.24, 2.45) is 10.2 Å². The number of benzene rings is 1. The van der Waals surface area contributed by atoms with E-state index in [9.17, 15) is 20.2 Å². The number of hydroxylamine groups is 2. The normalized spacial score (nSPS) is 19.1. The van der Waals surface area contributed by atoms with Gasteiger partial charge in [0.05, 0.1) is 16.8 Å². The summed E-state index contributed by atoms with van der Waals surface area (Å²) in [4.78, 5) is 24.7. The summed E-state index contributed by atoms with van der Waals surface area (Å²) in [7, 11) is 0. The minimum absolute atomic E-state index is 0.109. The molecule has 1 aliphatic heterocycles. The molecule has 1 aliphatic rings. The summed E-state index contributed by atoms with van der Waals surface area (Å²) in [5, 5.41) is 24.4. The molecule has 8 heteroatoms. The number of nitro benzene ring substituents is 1. The molecule has 0 aliphatic carbocycles. The highest BCUT2D eigenvalue weighted by molar-refractivity contribution is 6.01. The van der Waals surface area contributed by atoms with Gasteiger partial charge in [-0.2, -0.15) is 0 Å². The van der Waals surface area contributed by atoms with E-state index in [4.69, 9.17) is 0 Å². The number of amidine groups is 1. The predicted molar refractivity (Wildman–Crippen MR) is 71.2 cm³/mol. The lowest BCUT2D eigenvalue weighted by Crippen LogP contribution is -2.41. The van der Waals surface area contributed by atoms with Crippen molar-refractivity contribution in [3.63, 3.8) is 0 Å². The molecule has 0 fully saturated rings. The summed E-state index contributed by atoms with van der Waals surface area (Å²) in [5.74, 6) is 0.133. The molecule has 1 N–H and O–H groups in total. The highest BCUT2D eigenvalue weighted by atomic mass is 16.6. The van der Waals surface area contributed by atoms with Gasteiger partial charge in [-0.1, -0.05) is 12.1 Å². The fourth-order valence-corrected chi connectivity index (χ4v) is 1.85. The Kier molecular flexibility index (Phi) is 3.33. The van der Waals surface area contributed by atoms with Crippen molar-refractivity contribution in [1.82, 2.24) is 5.06 Å². The van der Waals surface area contributed by atoms with Gasteiger partial charge in [-0.05, 0) is 19.0 Å². The zero-order chi connectivity index (χ0) is 14.9. The van der Waals surface area contributed by atoms with Crippen LogP contribution in [0.5, 0.6) is 0 Å². The SMILES string of the molecule is CC1(C)/C(=C/N=O)N=C(c2cccc([N+](=O)[O-])c2)N1O. The van der Waals surface area contributed by atoms with Gasteiger partial charge in [0.15, 0.2) is 5.84 Å². The predicted octanol–water partition coefficient (Wildman–Crippen LogP) is 2.43. The summed E-state index contributed by atoms with van der Waals surface area (Å²) >= 11 is 0. The Labute approximate surface area is 114 Å². The first kappa shape index (κ1) is 13.8. The smallest absolute Gasteiger partial charge is 0.270 e. The van der Waals surface area contributed by atoms with Gasteiger partial charge in [-0.3, -0.25) is 15.3 Å². The first-order valence-electron chi connectivity index (χ1n) is 5.73. The van der Waals surface area contributed by atoms with E-state index in [2.05, 4.69) is 10.2 Å². The number of non-ortho nitro benzene ring substituents is 1. The molecule has 0 aromatic heterocycles. The van der Waals surface area contributed by atoms with E-state index in [0.717, 1.165) is 11.3 Å². The molecule has 0 amide bonds. The third-order valence-electron chi connectivity index (χ3n) is 3.07. The maximum Gasteiger partial charge on any atom is 0.270 e. The van der Waals surface area contributed by atoms with Gasteiger partial charge in [0.1, 0.15) is 5.54 Å². The minimum Gasteiger partial charge on any atom is -0.286 e. The molecule has 0 unspecified atom stereocenters. The average Bonchev–Trinajstić information content (AvgIpc) is 2.63. The molecule has 0 atom stereocenters. The lowest BCUT2D eigenvalue weighted by atomic mass is 10.0. The van der Waals surface area contributed by atoms with Crippen molar-refractivity contribution in [1.29, 1.82) is 0 Å². The first-order chi connectivity index (χ1) is 9.37. The van der Waals surface area contributed by atoms with Crippen LogP contribution >= 0.6 is 0 Å². The van der Waals surface area contributed by atoms with E-state index in [0.29, 0.717) is 5.56 Å². The second-order valence-corrected chi connectivity index (χ2v) is 4.73. The molecule has 0 saturated heterocycles. The number of nitrogens with zero attached hydrogens (tertiary/aromatic N) is 4. The van der Waals surface area contributed by atoms with Crippen LogP contribution in [0.4, 0.5) is 5.69 Å². The Morgan fingerprint density at radius 3 is 2.80 bits per heavy atom. The zero-order valence-corrected chi connectivity index (χ0v) is 10.8. The van der Waals surface area contributed by atoms with Gasteiger partial charge in [0, 0.05) is 17.7 Å². The molecule has 8 nitrogen and oxygen atoms in total. The van der Waals surface area contributed by atoms with Crippen LogP contribution in [-0.2, 0) is 0 Å². The molecule has 0 saturated carbocycles. The third-order valence-corrected chi connectivity index (χ3v) is 3.07. The molecule has 0 radical (unpaired) electrons. The molecule has 0 spiro atoms. The largest absolute Gasteiger partial charge is 0.286 e. The fraction of sp³-hybridized carbons (Fsp3) is 0.250. The number of nitro groups is 1. The molecule has 1 heterocycles. The molecule has 1 aromatic carbocycles. The Morgan fingerprint density at radius 2 is 2.20 bits per heavy atom. The maximum atomic E-state index is 10.8. The standard InChI is InChI=1S/C12H12N4O4/c1-12(2)10(7-13-17)14-11(15(12)18)8-4-3-5-9(6-8)16(19)20/h3-7,18H,1-2H3/b10-7-. The van der Waals surface area contributed by atoms with Crippen molar-refractivity contribution in [3.05, 3.63) is 56.7 Å². The van der Waals surface area contributed by atoms with E-state index in [-0.39, 0.29) is 17.2 Å². The van der Waals surface area contributed by atoms with Crippen LogP contribution in [0.3, 0.4) is 0 Å². The molecular weight excluding hydrogens is 264 g/mol. The summed E-state index contributed by atoms with van der Waals surface area (Å²) < 4.78 is 0. The van der Waals surface area contributed by atoms with Crippen LogP contribution in [-0.4, -0.2) is 26.6 Å². The number of nitroso groups, excluding NO2 is 1. The second kappa shape index (κ2) is 4.82. The van der Waals surface area contributed by atoms with Gasteiger partial charge >= 0.3 is 0 Å². The van der Waals surface area contributed by atoms with E-state index in [1.165, 1.54) is 18.2 Å². The molecule has 2 rings (SSSR count). The van der Waals surface area contributed by atoms with Gasteiger partial charge in [0.2, 0.25) is 0 Å². The Morgan fingerprint density at radius 1 is 1.50 bits per heavy atom. The molecule has 1 aromatic rings. The van der Waals surface area contributed by atoms with Crippen molar-refractivity contribution in [2.45, 2.75) is 19.4 Å². The number of rotatable bonds is 3. The van der Waals surface area contributed by atoms with Gasteiger partial charge in [0.25, 0.3) is 5.69 Å². The van der Waals surface area contributed by atoms with Gasteiger partial charge < -0.3 is 0 Å². The Hall–Kier alpha value is -2.61. The summed E-state index contributed by atoms with van der Waals surface area (Å²) in [5.41, 5.74) is -0.392. The summed E-state index contributed by atoms with van der Waals surface area (Å²) in [6.07, 6.45) is 1.01. The summed E-state index contributed by atoms with van der Waals surface area (Å²) in [6.45, 7) is 3.30. The van der Waals surface area contributed by atoms with E-state index < -0.39 is 10.5 Å². The lowest BCUT2D eigenvalue weighted by Gasteiger charge is -2.27. The van der Waals surface area contributed by atoms with Crippen LogP contribution in [0.25, 0.3) is 0 Å². The first-order valence-corrected chi connectivity index (χ1v) is 5.73. The van der Waals surface area contributed by atoms with E-state index in [1.54, 1.807) is 19.9 Å². The quantitative estimate of drug-likeness (QED) is 0.518. The minimum atomic E-state index is -0.937. The highest BCUT2D eigenvalue weighted by Gasteiger charge is 2.39. The van der Waals surface area contributed by atoms with Crippen molar-refractivity contribution in [3.8, 4) is 0 Å². The van der Waals surface area contributed by atoms with Crippen LogP contribution in [0.1, 0.15) is 19.4 Å². The third kappa shape index (κ3) is 2.16. The number of hydrogen-bond acceptors (Lipinski definition) is 7. The number of hydrogen-bond donors (Lipinski definition) is 1. The molecule has 104 valence electrons. The summed E-state index contributed by atoms with van der Waals surface area (Å²) in [6, 6.07) is 5.73. The lowest BCUT2D eigenvalue weighted by molar-refractivity contribution is -0.384. The van der Waals surface area contributed by atoms with Crippen LogP contribution in [0.2, 0.25) is 0 Å². The molecule has 20 heavy (non-hydrogen) atoms. The second-order valence-electron chi connectivity index (χ2n) is 4.73. The zero-order valence-electron chi connectivity index (χ0n) is 10.8. The fourth-order valence-electron chi connectivity index (χ4n) is 1.85. The van der Waals surface area contributed by atoms with Crippen LogP contribution in [0.15, 0.2) is 46.3 Å².